The minimum Gasteiger partial charge on any atom is -0.223 e. The fourth-order valence-electron chi connectivity index (χ4n) is 1.69. The van der Waals surface area contributed by atoms with Gasteiger partial charge >= 0.3 is 6.18 Å². The number of sulfonamides is 1. The van der Waals surface area contributed by atoms with Crippen molar-refractivity contribution in [2.75, 3.05) is 0 Å². The average molecular weight is 316 g/mol. The van der Waals surface area contributed by atoms with E-state index in [4.69, 9.17) is 10.4 Å². The standard InChI is InChI=1S/C11H7F3N4O2S/c12-11(13,14)8-2-1-3-9(4-8)18-10(21(16,19)20)7(5-15)6-17-18/h1-4,6H,(H2,16,19,20). The number of alkyl halides is 3. The van der Waals surface area contributed by atoms with Crippen molar-refractivity contribution in [3.05, 3.63) is 41.6 Å². The van der Waals surface area contributed by atoms with Crippen LogP contribution in [-0.2, 0) is 16.2 Å². The fraction of sp³-hybridized carbons (Fsp3) is 0.0909. The molecule has 0 bridgehead atoms. The average Bonchev–Trinajstić information content (AvgIpc) is 2.81. The maximum absolute atomic E-state index is 12.7. The second-order valence-electron chi connectivity index (χ2n) is 3.98. The highest BCUT2D eigenvalue weighted by Crippen LogP contribution is 2.30. The van der Waals surface area contributed by atoms with Crippen molar-refractivity contribution in [1.82, 2.24) is 9.78 Å². The van der Waals surface area contributed by atoms with Crippen molar-refractivity contribution in [3.63, 3.8) is 0 Å². The van der Waals surface area contributed by atoms with Crippen LogP contribution in [0.25, 0.3) is 5.69 Å². The summed E-state index contributed by atoms with van der Waals surface area (Å²) in [5.41, 5.74) is -1.50. The number of benzene rings is 1. The van der Waals surface area contributed by atoms with Gasteiger partial charge in [0.05, 0.1) is 17.4 Å². The molecule has 0 atom stereocenters. The summed E-state index contributed by atoms with van der Waals surface area (Å²) in [7, 11) is -4.33. The molecule has 0 saturated carbocycles. The molecule has 0 amide bonds. The van der Waals surface area contributed by atoms with Gasteiger partial charge in [0, 0.05) is 0 Å². The molecule has 10 heteroatoms. The number of nitrogens with two attached hydrogens (primary N) is 1. The van der Waals surface area contributed by atoms with Crippen LogP contribution in [-0.4, -0.2) is 18.2 Å². The number of rotatable bonds is 2. The van der Waals surface area contributed by atoms with E-state index in [-0.39, 0.29) is 11.3 Å². The summed E-state index contributed by atoms with van der Waals surface area (Å²) in [5, 5.41) is 16.8. The normalized spacial score (nSPS) is 12.1. The third-order valence-electron chi connectivity index (χ3n) is 2.53. The summed E-state index contributed by atoms with van der Waals surface area (Å²) in [6.07, 6.45) is -3.68. The van der Waals surface area contributed by atoms with E-state index < -0.39 is 26.8 Å². The molecule has 2 aromatic rings. The van der Waals surface area contributed by atoms with Crippen LogP contribution < -0.4 is 5.14 Å². The molecular weight excluding hydrogens is 309 g/mol. The zero-order valence-electron chi connectivity index (χ0n) is 10.2. The number of halogens is 3. The Bertz CT molecular complexity index is 834. The SMILES string of the molecule is N#Cc1cnn(-c2cccc(C(F)(F)F)c2)c1S(N)(=O)=O. The molecule has 1 aromatic heterocycles. The Balaban J connectivity index is 2.70. The molecule has 2 N–H and O–H groups in total. The number of hydrogen-bond donors (Lipinski definition) is 1. The first-order valence-electron chi connectivity index (χ1n) is 5.33. The van der Waals surface area contributed by atoms with E-state index in [1.807, 2.05) is 0 Å². The van der Waals surface area contributed by atoms with Crippen LogP contribution in [0.2, 0.25) is 0 Å². The first kappa shape index (κ1) is 15.0. The maximum Gasteiger partial charge on any atom is 0.416 e. The largest absolute Gasteiger partial charge is 0.416 e. The highest BCUT2D eigenvalue weighted by Gasteiger charge is 2.31. The van der Waals surface area contributed by atoms with Gasteiger partial charge in [-0.2, -0.15) is 23.5 Å². The molecule has 21 heavy (non-hydrogen) atoms. The molecule has 0 aliphatic rings. The van der Waals surface area contributed by atoms with Gasteiger partial charge in [-0.25, -0.2) is 18.2 Å². The van der Waals surface area contributed by atoms with Crippen LogP contribution >= 0.6 is 0 Å². The Kier molecular flexibility index (Phi) is 3.48. The smallest absolute Gasteiger partial charge is 0.223 e. The number of nitrogens with zero attached hydrogens (tertiary/aromatic N) is 3. The van der Waals surface area contributed by atoms with Crippen LogP contribution in [0.1, 0.15) is 11.1 Å². The fourth-order valence-corrected chi connectivity index (χ4v) is 2.48. The van der Waals surface area contributed by atoms with Gasteiger partial charge in [-0.05, 0) is 18.2 Å². The third-order valence-corrected chi connectivity index (χ3v) is 3.46. The molecule has 0 fully saturated rings. The summed E-state index contributed by atoms with van der Waals surface area (Å²) >= 11 is 0. The minimum atomic E-state index is -4.59. The predicted octanol–water partition coefficient (Wildman–Crippen LogP) is 1.41. The van der Waals surface area contributed by atoms with Gasteiger partial charge in [0.15, 0.2) is 5.03 Å². The maximum atomic E-state index is 12.7. The van der Waals surface area contributed by atoms with Gasteiger partial charge in [-0.3, -0.25) is 0 Å². The van der Waals surface area contributed by atoms with E-state index in [0.717, 1.165) is 18.3 Å². The molecule has 110 valence electrons. The molecule has 0 saturated heterocycles. The molecule has 6 nitrogen and oxygen atoms in total. The monoisotopic (exact) mass is 316 g/mol. The van der Waals surface area contributed by atoms with Crippen molar-refractivity contribution in [2.24, 2.45) is 5.14 Å². The lowest BCUT2D eigenvalue weighted by molar-refractivity contribution is -0.137. The molecular formula is C11H7F3N4O2S. The number of aromatic nitrogens is 2. The Morgan fingerprint density at radius 1 is 1.33 bits per heavy atom. The van der Waals surface area contributed by atoms with E-state index in [9.17, 15) is 21.6 Å². The number of nitriles is 1. The van der Waals surface area contributed by atoms with Crippen molar-refractivity contribution >= 4 is 10.0 Å². The van der Waals surface area contributed by atoms with E-state index in [1.54, 1.807) is 6.07 Å². The van der Waals surface area contributed by atoms with Gasteiger partial charge in [-0.15, -0.1) is 0 Å². The quantitative estimate of drug-likeness (QED) is 0.905. The van der Waals surface area contributed by atoms with E-state index in [0.29, 0.717) is 10.7 Å². The second-order valence-corrected chi connectivity index (χ2v) is 5.46. The Morgan fingerprint density at radius 2 is 2.00 bits per heavy atom. The van der Waals surface area contributed by atoms with Crippen LogP contribution in [0, 0.1) is 11.3 Å². The lowest BCUT2D eigenvalue weighted by atomic mass is 10.2. The molecule has 0 aliphatic heterocycles. The summed E-state index contributed by atoms with van der Waals surface area (Å²) in [4.78, 5) is 0. The Hall–Kier alpha value is -2.38. The van der Waals surface area contributed by atoms with Gasteiger partial charge < -0.3 is 0 Å². The van der Waals surface area contributed by atoms with Crippen LogP contribution in [0.3, 0.4) is 0 Å². The molecule has 0 radical (unpaired) electrons. The van der Waals surface area contributed by atoms with Gasteiger partial charge in [0.1, 0.15) is 11.6 Å². The number of hydrogen-bond acceptors (Lipinski definition) is 4. The van der Waals surface area contributed by atoms with Crippen molar-refractivity contribution < 1.29 is 21.6 Å². The van der Waals surface area contributed by atoms with Crippen LogP contribution in [0.5, 0.6) is 0 Å². The summed E-state index contributed by atoms with van der Waals surface area (Å²) in [6.45, 7) is 0. The van der Waals surface area contributed by atoms with Crippen molar-refractivity contribution in [3.8, 4) is 11.8 Å². The van der Waals surface area contributed by atoms with E-state index >= 15 is 0 Å². The third kappa shape index (κ3) is 2.88. The van der Waals surface area contributed by atoms with Crippen molar-refractivity contribution in [1.29, 1.82) is 5.26 Å². The zero-order chi connectivity index (χ0) is 15.8. The lowest BCUT2D eigenvalue weighted by Crippen LogP contribution is -2.18. The Labute approximate surface area is 117 Å². The first-order chi connectivity index (χ1) is 9.64. The molecule has 1 aromatic carbocycles. The second kappa shape index (κ2) is 4.87. The van der Waals surface area contributed by atoms with Gasteiger partial charge in [0.25, 0.3) is 10.0 Å². The molecule has 0 unspecified atom stereocenters. The Morgan fingerprint density at radius 3 is 2.52 bits per heavy atom. The van der Waals surface area contributed by atoms with Gasteiger partial charge in [0.2, 0.25) is 0 Å². The topological polar surface area (TPSA) is 102 Å². The van der Waals surface area contributed by atoms with E-state index in [2.05, 4.69) is 5.10 Å². The zero-order valence-corrected chi connectivity index (χ0v) is 11.0. The van der Waals surface area contributed by atoms with Crippen molar-refractivity contribution in [2.45, 2.75) is 11.2 Å². The lowest BCUT2D eigenvalue weighted by Gasteiger charge is -2.10. The predicted molar refractivity (Wildman–Crippen MR) is 64.7 cm³/mol. The molecule has 2 rings (SSSR count). The summed E-state index contributed by atoms with van der Waals surface area (Å²) < 4.78 is 61.7. The summed E-state index contributed by atoms with van der Waals surface area (Å²) in [5.74, 6) is 0. The minimum absolute atomic E-state index is 0.171. The van der Waals surface area contributed by atoms with E-state index in [1.165, 1.54) is 6.07 Å². The highest BCUT2D eigenvalue weighted by atomic mass is 32.2. The summed E-state index contributed by atoms with van der Waals surface area (Å²) in [6, 6.07) is 5.43. The molecule has 0 spiro atoms. The highest BCUT2D eigenvalue weighted by molar-refractivity contribution is 7.89. The van der Waals surface area contributed by atoms with Crippen LogP contribution in [0.15, 0.2) is 35.5 Å². The first-order valence-corrected chi connectivity index (χ1v) is 6.88. The van der Waals surface area contributed by atoms with Gasteiger partial charge in [-0.1, -0.05) is 6.07 Å². The molecule has 0 aliphatic carbocycles. The number of primary sulfonamides is 1. The molecule has 1 heterocycles. The van der Waals surface area contributed by atoms with Crippen LogP contribution in [0.4, 0.5) is 13.2 Å².